The van der Waals surface area contributed by atoms with Crippen LogP contribution in [0.2, 0.25) is 0 Å². The molecule has 1 N–H and O–H groups in total. The Bertz CT molecular complexity index is 1050. The lowest BCUT2D eigenvalue weighted by molar-refractivity contribution is 0.0949. The number of thiazole rings is 1. The maximum absolute atomic E-state index is 12.6. The van der Waals surface area contributed by atoms with E-state index in [4.69, 9.17) is 0 Å². The van der Waals surface area contributed by atoms with Gasteiger partial charge in [-0.2, -0.15) is 0 Å². The van der Waals surface area contributed by atoms with Crippen LogP contribution in [-0.2, 0) is 6.42 Å². The van der Waals surface area contributed by atoms with Gasteiger partial charge in [0.25, 0.3) is 5.91 Å². The molecule has 6 nitrogen and oxygen atoms in total. The first-order chi connectivity index (χ1) is 15.1. The highest BCUT2D eigenvalue weighted by atomic mass is 32.2. The average molecular weight is 456 g/mol. The summed E-state index contributed by atoms with van der Waals surface area (Å²) < 4.78 is 2.33. The number of hydrogen-bond acceptors (Lipinski definition) is 6. The van der Waals surface area contributed by atoms with E-state index in [9.17, 15) is 4.79 Å². The van der Waals surface area contributed by atoms with Crippen molar-refractivity contribution in [2.45, 2.75) is 63.6 Å². The van der Waals surface area contributed by atoms with Crippen molar-refractivity contribution in [1.82, 2.24) is 25.1 Å². The van der Waals surface area contributed by atoms with E-state index in [0.29, 0.717) is 18.3 Å². The number of amides is 1. The molecule has 0 radical (unpaired) electrons. The summed E-state index contributed by atoms with van der Waals surface area (Å²) in [6.07, 6.45) is 8.69. The van der Waals surface area contributed by atoms with Crippen molar-refractivity contribution in [1.29, 1.82) is 0 Å². The summed E-state index contributed by atoms with van der Waals surface area (Å²) in [6.45, 7) is 4.76. The Balaban J connectivity index is 1.32. The lowest BCUT2D eigenvalue weighted by Crippen LogP contribution is -2.25. The Morgan fingerprint density at radius 3 is 2.81 bits per heavy atom. The fraction of sp³-hybridized carbons (Fsp3) is 0.478. The van der Waals surface area contributed by atoms with Crippen LogP contribution >= 0.6 is 23.1 Å². The van der Waals surface area contributed by atoms with Crippen molar-refractivity contribution >= 4 is 29.0 Å². The average Bonchev–Trinajstić information content (AvgIpc) is 3.51. The quantitative estimate of drug-likeness (QED) is 0.372. The summed E-state index contributed by atoms with van der Waals surface area (Å²) in [5.41, 5.74) is 3.98. The van der Waals surface area contributed by atoms with Crippen LogP contribution in [0.1, 0.15) is 65.6 Å². The van der Waals surface area contributed by atoms with Crippen LogP contribution in [0.5, 0.6) is 0 Å². The van der Waals surface area contributed by atoms with Gasteiger partial charge < -0.3 is 9.88 Å². The summed E-state index contributed by atoms with van der Waals surface area (Å²) in [6, 6.07) is 6.83. The van der Waals surface area contributed by atoms with Gasteiger partial charge in [0.05, 0.1) is 0 Å². The number of carbonyl (C=O) groups excluding carboxylic acids is 1. The fourth-order valence-corrected chi connectivity index (χ4v) is 5.70. The van der Waals surface area contributed by atoms with E-state index in [1.807, 2.05) is 5.38 Å². The molecule has 8 heteroatoms. The Kier molecular flexibility index (Phi) is 7.07. The van der Waals surface area contributed by atoms with Gasteiger partial charge in [0.15, 0.2) is 5.16 Å². The standard InChI is InChI=1S/C23H29N5OS2/c1-15-10-11-18(16(2)13-15)22-25-19(14-31-22)21(29)24-12-6-9-20-26-27-23(30-3)28(20)17-7-4-5-8-17/h10-11,13-14,17H,4-9,12H2,1-3H3,(H,24,29). The maximum atomic E-state index is 12.6. The monoisotopic (exact) mass is 455 g/mol. The van der Waals surface area contributed by atoms with E-state index in [1.165, 1.54) is 48.1 Å². The molecule has 2 heterocycles. The first-order valence-electron chi connectivity index (χ1n) is 10.9. The molecule has 1 fully saturated rings. The van der Waals surface area contributed by atoms with Gasteiger partial charge >= 0.3 is 0 Å². The summed E-state index contributed by atoms with van der Waals surface area (Å²) >= 11 is 3.17. The van der Waals surface area contributed by atoms with Crippen LogP contribution in [0.25, 0.3) is 10.6 Å². The molecule has 31 heavy (non-hydrogen) atoms. The highest BCUT2D eigenvalue weighted by Gasteiger charge is 2.23. The van der Waals surface area contributed by atoms with Crippen molar-refractivity contribution in [2.24, 2.45) is 0 Å². The predicted molar refractivity (Wildman–Crippen MR) is 127 cm³/mol. The van der Waals surface area contributed by atoms with Crippen LogP contribution in [0.4, 0.5) is 0 Å². The maximum Gasteiger partial charge on any atom is 0.270 e. The predicted octanol–water partition coefficient (Wildman–Crippen LogP) is 5.22. The molecule has 0 saturated heterocycles. The molecular formula is C23H29N5OS2. The number of hydrogen-bond donors (Lipinski definition) is 1. The number of aryl methyl sites for hydroxylation is 3. The Hall–Kier alpha value is -2.19. The van der Waals surface area contributed by atoms with Gasteiger partial charge in [0, 0.05) is 30.0 Å². The fourth-order valence-electron chi connectivity index (χ4n) is 4.24. The molecule has 0 atom stereocenters. The molecule has 164 valence electrons. The number of benzene rings is 1. The molecule has 1 aliphatic carbocycles. The number of nitrogens with zero attached hydrogens (tertiary/aromatic N) is 4. The first-order valence-corrected chi connectivity index (χ1v) is 13.0. The summed E-state index contributed by atoms with van der Waals surface area (Å²) in [5, 5.41) is 15.5. The molecule has 4 rings (SSSR count). The molecule has 3 aromatic rings. The summed E-state index contributed by atoms with van der Waals surface area (Å²) in [4.78, 5) is 17.1. The van der Waals surface area contributed by atoms with Crippen LogP contribution in [0.3, 0.4) is 0 Å². The zero-order valence-electron chi connectivity index (χ0n) is 18.4. The smallest absolute Gasteiger partial charge is 0.270 e. The molecule has 1 amide bonds. The second kappa shape index (κ2) is 9.96. The highest BCUT2D eigenvalue weighted by Crippen LogP contribution is 2.33. The zero-order valence-corrected chi connectivity index (χ0v) is 20.0. The minimum absolute atomic E-state index is 0.116. The number of nitrogens with one attached hydrogen (secondary N) is 1. The van der Waals surface area contributed by atoms with Crippen LogP contribution in [0, 0.1) is 13.8 Å². The normalized spacial score (nSPS) is 14.3. The molecule has 1 aliphatic rings. The number of rotatable bonds is 8. The van der Waals surface area contributed by atoms with Gasteiger partial charge in [0.1, 0.15) is 16.5 Å². The molecule has 2 aromatic heterocycles. The zero-order chi connectivity index (χ0) is 21.8. The van der Waals surface area contributed by atoms with Crippen molar-refractivity contribution < 1.29 is 4.79 Å². The van der Waals surface area contributed by atoms with Crippen molar-refractivity contribution in [3.8, 4) is 10.6 Å². The van der Waals surface area contributed by atoms with Gasteiger partial charge in [0.2, 0.25) is 0 Å². The van der Waals surface area contributed by atoms with E-state index in [0.717, 1.165) is 34.4 Å². The third kappa shape index (κ3) is 5.01. The molecule has 0 bridgehead atoms. The molecular weight excluding hydrogens is 426 g/mol. The Morgan fingerprint density at radius 2 is 2.06 bits per heavy atom. The van der Waals surface area contributed by atoms with Crippen molar-refractivity contribution in [2.75, 3.05) is 12.8 Å². The third-order valence-corrected chi connectivity index (χ3v) is 7.34. The van der Waals surface area contributed by atoms with E-state index in [2.05, 4.69) is 63.4 Å². The number of aromatic nitrogens is 4. The molecule has 1 saturated carbocycles. The highest BCUT2D eigenvalue weighted by molar-refractivity contribution is 7.98. The topological polar surface area (TPSA) is 72.7 Å². The molecule has 1 aromatic carbocycles. The second-order valence-electron chi connectivity index (χ2n) is 8.13. The van der Waals surface area contributed by atoms with Gasteiger partial charge in [-0.3, -0.25) is 4.79 Å². The van der Waals surface area contributed by atoms with Gasteiger partial charge in [-0.25, -0.2) is 4.98 Å². The minimum atomic E-state index is -0.116. The number of carbonyl (C=O) groups is 1. The van der Waals surface area contributed by atoms with Crippen molar-refractivity contribution in [3.63, 3.8) is 0 Å². The van der Waals surface area contributed by atoms with E-state index < -0.39 is 0 Å². The van der Waals surface area contributed by atoms with E-state index in [1.54, 1.807) is 11.8 Å². The lowest BCUT2D eigenvalue weighted by atomic mass is 10.1. The third-order valence-electron chi connectivity index (χ3n) is 5.82. The molecule has 0 spiro atoms. The van der Waals surface area contributed by atoms with Crippen molar-refractivity contribution in [3.05, 3.63) is 46.2 Å². The Morgan fingerprint density at radius 1 is 1.26 bits per heavy atom. The van der Waals surface area contributed by atoms with Crippen LogP contribution < -0.4 is 5.32 Å². The van der Waals surface area contributed by atoms with Gasteiger partial charge in [-0.1, -0.05) is 48.4 Å². The van der Waals surface area contributed by atoms with E-state index in [-0.39, 0.29) is 5.91 Å². The lowest BCUT2D eigenvalue weighted by Gasteiger charge is -2.16. The number of thioether (sulfide) groups is 1. The van der Waals surface area contributed by atoms with Gasteiger partial charge in [-0.15, -0.1) is 21.5 Å². The second-order valence-corrected chi connectivity index (χ2v) is 9.76. The van der Waals surface area contributed by atoms with E-state index >= 15 is 0 Å². The summed E-state index contributed by atoms with van der Waals surface area (Å²) in [5.74, 6) is 0.922. The molecule has 0 unspecified atom stereocenters. The van der Waals surface area contributed by atoms with Crippen LogP contribution in [0.15, 0.2) is 28.7 Å². The summed E-state index contributed by atoms with van der Waals surface area (Å²) in [7, 11) is 0. The SMILES string of the molecule is CSc1nnc(CCCNC(=O)c2csc(-c3ccc(C)cc3C)n2)n1C1CCCC1. The first kappa shape index (κ1) is 22.0. The molecule has 0 aliphatic heterocycles. The minimum Gasteiger partial charge on any atom is -0.351 e. The largest absolute Gasteiger partial charge is 0.351 e. The Labute approximate surface area is 191 Å². The van der Waals surface area contributed by atoms with Gasteiger partial charge in [-0.05, 0) is 44.9 Å². The van der Waals surface area contributed by atoms with Crippen LogP contribution in [-0.4, -0.2) is 38.5 Å².